The lowest BCUT2D eigenvalue weighted by Gasteiger charge is -2.33. The molecule has 0 bridgehead atoms. The van der Waals surface area contributed by atoms with E-state index in [1.165, 1.54) is 31.2 Å². The number of aryl methyl sites for hydroxylation is 1. The molecule has 3 atom stereocenters. The SMILES string of the molecule is Cl.O=C(O)C1CC2CCCCC2N1CCCc1ccccc1. The Morgan fingerprint density at radius 2 is 1.91 bits per heavy atom. The van der Waals surface area contributed by atoms with Gasteiger partial charge in [0, 0.05) is 6.04 Å². The number of carboxylic acid groups (broad SMARTS) is 1. The minimum absolute atomic E-state index is 0. The van der Waals surface area contributed by atoms with E-state index < -0.39 is 5.97 Å². The molecule has 1 heterocycles. The van der Waals surface area contributed by atoms with Crippen molar-refractivity contribution in [2.45, 2.75) is 57.0 Å². The minimum Gasteiger partial charge on any atom is -0.480 e. The smallest absolute Gasteiger partial charge is 0.320 e. The normalized spacial score (nSPS) is 27.9. The van der Waals surface area contributed by atoms with Crippen molar-refractivity contribution in [3.8, 4) is 0 Å². The summed E-state index contributed by atoms with van der Waals surface area (Å²) in [6.07, 6.45) is 7.93. The fourth-order valence-electron chi connectivity index (χ4n) is 4.23. The highest BCUT2D eigenvalue weighted by atomic mass is 35.5. The van der Waals surface area contributed by atoms with E-state index in [0.29, 0.717) is 12.0 Å². The van der Waals surface area contributed by atoms with Gasteiger partial charge in [-0.15, -0.1) is 12.4 Å². The maximum atomic E-state index is 11.5. The van der Waals surface area contributed by atoms with Gasteiger partial charge in [0.1, 0.15) is 6.04 Å². The second-order valence-electron chi connectivity index (χ2n) is 6.53. The van der Waals surface area contributed by atoms with E-state index in [2.05, 4.69) is 29.2 Å². The fourth-order valence-corrected chi connectivity index (χ4v) is 4.23. The number of hydrogen-bond donors (Lipinski definition) is 1. The second-order valence-corrected chi connectivity index (χ2v) is 6.53. The Bertz CT molecular complexity index is 479. The standard InChI is InChI=1S/C18H25NO2.ClH/c20-18(21)17-13-15-10-4-5-11-16(15)19(17)12-6-9-14-7-2-1-3-8-14;/h1-3,7-8,15-17H,4-6,9-13H2,(H,20,21);1H. The molecule has 1 N–H and O–H groups in total. The van der Waals surface area contributed by atoms with Crippen LogP contribution in [0.25, 0.3) is 0 Å². The zero-order valence-corrected chi connectivity index (χ0v) is 13.8. The minimum atomic E-state index is -0.621. The molecule has 1 saturated heterocycles. The molecule has 3 unspecified atom stereocenters. The third-order valence-electron chi connectivity index (χ3n) is 5.23. The fraction of sp³-hybridized carbons (Fsp3) is 0.611. The molecular formula is C18H26ClNO2. The van der Waals surface area contributed by atoms with Crippen LogP contribution in [-0.2, 0) is 11.2 Å². The third-order valence-corrected chi connectivity index (χ3v) is 5.23. The molecule has 3 nitrogen and oxygen atoms in total. The van der Waals surface area contributed by atoms with Gasteiger partial charge in [-0.25, -0.2) is 0 Å². The van der Waals surface area contributed by atoms with Gasteiger partial charge in [0.15, 0.2) is 0 Å². The van der Waals surface area contributed by atoms with E-state index in [9.17, 15) is 9.90 Å². The van der Waals surface area contributed by atoms with Crippen LogP contribution in [0.4, 0.5) is 0 Å². The van der Waals surface area contributed by atoms with E-state index in [4.69, 9.17) is 0 Å². The van der Waals surface area contributed by atoms with Gasteiger partial charge in [-0.1, -0.05) is 43.2 Å². The van der Waals surface area contributed by atoms with Crippen LogP contribution < -0.4 is 0 Å². The first-order valence-electron chi connectivity index (χ1n) is 8.28. The molecule has 0 amide bonds. The number of nitrogens with zero attached hydrogens (tertiary/aromatic N) is 1. The summed E-state index contributed by atoms with van der Waals surface area (Å²) in [6.45, 7) is 0.924. The number of benzene rings is 1. The van der Waals surface area contributed by atoms with Gasteiger partial charge in [0.05, 0.1) is 0 Å². The van der Waals surface area contributed by atoms with Crippen molar-refractivity contribution in [2.24, 2.45) is 5.92 Å². The quantitative estimate of drug-likeness (QED) is 0.897. The van der Waals surface area contributed by atoms with Crippen molar-refractivity contribution < 1.29 is 9.90 Å². The maximum Gasteiger partial charge on any atom is 0.320 e. The molecule has 2 aliphatic rings. The van der Waals surface area contributed by atoms with Gasteiger partial charge >= 0.3 is 5.97 Å². The molecule has 0 aromatic heterocycles. The number of hydrogen-bond acceptors (Lipinski definition) is 2. The lowest BCUT2D eigenvalue weighted by Crippen LogP contribution is -2.42. The van der Waals surface area contributed by atoms with E-state index in [0.717, 1.165) is 25.8 Å². The molecule has 0 spiro atoms. The predicted molar refractivity (Wildman–Crippen MR) is 90.5 cm³/mol. The number of rotatable bonds is 5. The van der Waals surface area contributed by atoms with Crippen molar-refractivity contribution in [1.29, 1.82) is 0 Å². The van der Waals surface area contributed by atoms with Gasteiger partial charge in [0.2, 0.25) is 0 Å². The molecule has 1 aromatic rings. The van der Waals surface area contributed by atoms with E-state index in [-0.39, 0.29) is 18.4 Å². The first kappa shape index (κ1) is 17.3. The molecule has 1 aliphatic carbocycles. The number of carboxylic acids is 1. The average Bonchev–Trinajstić information content (AvgIpc) is 2.88. The monoisotopic (exact) mass is 323 g/mol. The summed E-state index contributed by atoms with van der Waals surface area (Å²) in [5, 5.41) is 9.51. The van der Waals surface area contributed by atoms with Crippen LogP contribution in [0, 0.1) is 5.92 Å². The van der Waals surface area contributed by atoms with Crippen LogP contribution in [0.5, 0.6) is 0 Å². The Labute approximate surface area is 139 Å². The van der Waals surface area contributed by atoms with Crippen molar-refractivity contribution in [3.05, 3.63) is 35.9 Å². The summed E-state index contributed by atoms with van der Waals surface area (Å²) < 4.78 is 0. The molecule has 0 radical (unpaired) electrons. The van der Waals surface area contributed by atoms with Crippen molar-refractivity contribution in [2.75, 3.05) is 6.54 Å². The van der Waals surface area contributed by atoms with Crippen LogP contribution >= 0.6 is 12.4 Å². The maximum absolute atomic E-state index is 11.5. The summed E-state index contributed by atoms with van der Waals surface area (Å²) in [5.41, 5.74) is 1.35. The first-order chi connectivity index (χ1) is 10.3. The summed E-state index contributed by atoms with van der Waals surface area (Å²) in [4.78, 5) is 13.8. The van der Waals surface area contributed by atoms with Gasteiger partial charge in [-0.2, -0.15) is 0 Å². The number of aliphatic carboxylic acids is 1. The Morgan fingerprint density at radius 3 is 2.64 bits per heavy atom. The molecule has 1 saturated carbocycles. The molecule has 1 aliphatic heterocycles. The highest BCUT2D eigenvalue weighted by molar-refractivity contribution is 5.85. The predicted octanol–water partition coefficient (Wildman–Crippen LogP) is 3.76. The molecule has 2 fully saturated rings. The molecule has 4 heteroatoms. The van der Waals surface area contributed by atoms with Gasteiger partial charge in [0.25, 0.3) is 0 Å². The van der Waals surface area contributed by atoms with Gasteiger partial charge in [-0.3, -0.25) is 9.69 Å². The van der Waals surface area contributed by atoms with E-state index >= 15 is 0 Å². The Hall–Kier alpha value is -1.06. The number of carbonyl (C=O) groups is 1. The molecule has 3 rings (SSSR count). The molecule has 22 heavy (non-hydrogen) atoms. The largest absolute Gasteiger partial charge is 0.480 e. The van der Waals surface area contributed by atoms with Gasteiger partial charge in [-0.05, 0) is 50.1 Å². The molecule has 1 aromatic carbocycles. The highest BCUT2D eigenvalue weighted by Crippen LogP contribution is 2.39. The van der Waals surface area contributed by atoms with Crippen molar-refractivity contribution in [1.82, 2.24) is 4.90 Å². The van der Waals surface area contributed by atoms with Crippen molar-refractivity contribution >= 4 is 18.4 Å². The summed E-state index contributed by atoms with van der Waals surface area (Å²) >= 11 is 0. The van der Waals surface area contributed by atoms with Crippen LogP contribution in [0.15, 0.2) is 30.3 Å². The highest BCUT2D eigenvalue weighted by Gasteiger charge is 2.44. The van der Waals surface area contributed by atoms with Gasteiger partial charge < -0.3 is 5.11 Å². The van der Waals surface area contributed by atoms with Crippen LogP contribution in [0.2, 0.25) is 0 Å². The summed E-state index contributed by atoms with van der Waals surface area (Å²) in [6, 6.07) is 10.8. The molecule has 122 valence electrons. The second kappa shape index (κ2) is 7.98. The topological polar surface area (TPSA) is 40.5 Å². The van der Waals surface area contributed by atoms with E-state index in [1.807, 2.05) is 6.07 Å². The zero-order chi connectivity index (χ0) is 14.7. The lowest BCUT2D eigenvalue weighted by molar-refractivity contribution is -0.142. The zero-order valence-electron chi connectivity index (χ0n) is 13.0. The van der Waals surface area contributed by atoms with E-state index in [1.54, 1.807) is 0 Å². The number of halogens is 1. The third kappa shape index (κ3) is 3.82. The Balaban J connectivity index is 0.00000176. The number of fused-ring (bicyclic) bond motifs is 1. The first-order valence-corrected chi connectivity index (χ1v) is 8.28. The van der Waals surface area contributed by atoms with Crippen LogP contribution in [0.1, 0.15) is 44.1 Å². The van der Waals surface area contributed by atoms with Crippen molar-refractivity contribution in [3.63, 3.8) is 0 Å². The molecular weight excluding hydrogens is 298 g/mol. The Kier molecular flexibility index (Phi) is 6.27. The lowest BCUT2D eigenvalue weighted by atomic mass is 9.84. The summed E-state index contributed by atoms with van der Waals surface area (Å²) in [7, 11) is 0. The Morgan fingerprint density at radius 1 is 1.18 bits per heavy atom. The van der Waals surface area contributed by atoms with Crippen LogP contribution in [0.3, 0.4) is 0 Å². The van der Waals surface area contributed by atoms with Crippen LogP contribution in [-0.4, -0.2) is 34.6 Å². The number of likely N-dealkylation sites (tertiary alicyclic amines) is 1. The average molecular weight is 324 g/mol. The summed E-state index contributed by atoms with van der Waals surface area (Å²) in [5.74, 6) is 0.000636.